The van der Waals surface area contributed by atoms with Crippen LogP contribution in [0.4, 0.5) is 0 Å². The second-order valence-electron chi connectivity index (χ2n) is 2.99. The molecular formula is C10H14ClNO3. The van der Waals surface area contributed by atoms with Gasteiger partial charge in [0.15, 0.2) is 0 Å². The standard InChI is InChI=1S/C10H11ClO3.H3N/c1-6-5-8(11)3-4-9(6)14-7(2)10(12)13;/h3-5,7H,1-2H3,(H,12,13);1H3. The van der Waals surface area contributed by atoms with Crippen molar-refractivity contribution < 1.29 is 14.6 Å². The first-order valence-electron chi connectivity index (χ1n) is 4.14. The third kappa shape index (κ3) is 3.77. The smallest absolute Gasteiger partial charge is 0.135 e. The van der Waals surface area contributed by atoms with Crippen LogP contribution in [0.2, 0.25) is 5.02 Å². The second kappa shape index (κ2) is 5.58. The van der Waals surface area contributed by atoms with Crippen molar-refractivity contribution in [3.63, 3.8) is 0 Å². The van der Waals surface area contributed by atoms with Gasteiger partial charge < -0.3 is 20.8 Å². The van der Waals surface area contributed by atoms with E-state index in [4.69, 9.17) is 16.3 Å². The highest BCUT2D eigenvalue weighted by Gasteiger charge is 2.06. The summed E-state index contributed by atoms with van der Waals surface area (Å²) in [5.74, 6) is -0.731. The Morgan fingerprint density at radius 1 is 1.53 bits per heavy atom. The first kappa shape index (κ1) is 13.7. The van der Waals surface area contributed by atoms with Crippen LogP contribution >= 0.6 is 11.6 Å². The maximum absolute atomic E-state index is 10.4. The van der Waals surface area contributed by atoms with Crippen LogP contribution < -0.4 is 16.0 Å². The van der Waals surface area contributed by atoms with E-state index >= 15 is 0 Å². The number of hydrogen-bond acceptors (Lipinski definition) is 3. The normalized spacial score (nSPS) is 11.4. The van der Waals surface area contributed by atoms with E-state index in [2.05, 4.69) is 0 Å². The number of ether oxygens (including phenoxy) is 1. The number of carboxylic acids is 1. The number of carboxylic acid groups (broad SMARTS) is 1. The van der Waals surface area contributed by atoms with Gasteiger partial charge in [-0.1, -0.05) is 11.6 Å². The van der Waals surface area contributed by atoms with Gasteiger partial charge in [-0.3, -0.25) is 0 Å². The minimum Gasteiger partial charge on any atom is -0.546 e. The Balaban J connectivity index is 0.00000196. The number of hydrogen-bond donors (Lipinski definition) is 1. The van der Waals surface area contributed by atoms with E-state index in [9.17, 15) is 9.90 Å². The van der Waals surface area contributed by atoms with Crippen LogP contribution in [0.1, 0.15) is 12.5 Å². The molecule has 0 aliphatic carbocycles. The van der Waals surface area contributed by atoms with Crippen molar-refractivity contribution in [2.75, 3.05) is 0 Å². The van der Waals surface area contributed by atoms with Gasteiger partial charge in [-0.25, -0.2) is 0 Å². The largest absolute Gasteiger partial charge is 0.546 e. The van der Waals surface area contributed by atoms with Gasteiger partial charge in [0.1, 0.15) is 11.9 Å². The zero-order valence-electron chi connectivity index (χ0n) is 8.91. The molecule has 4 nitrogen and oxygen atoms in total. The number of aliphatic carboxylic acids is 1. The minimum absolute atomic E-state index is 0. The predicted molar refractivity (Wildman–Crippen MR) is 57.3 cm³/mol. The average Bonchev–Trinajstić information content (AvgIpc) is 2.09. The van der Waals surface area contributed by atoms with Crippen molar-refractivity contribution in [3.05, 3.63) is 28.8 Å². The molecule has 0 aliphatic rings. The summed E-state index contributed by atoms with van der Waals surface area (Å²) in [7, 11) is 0. The molecule has 5 heteroatoms. The van der Waals surface area contributed by atoms with Crippen LogP contribution in [0.3, 0.4) is 0 Å². The molecule has 0 aromatic heterocycles. The maximum atomic E-state index is 10.4. The molecule has 1 unspecified atom stereocenters. The fourth-order valence-electron chi connectivity index (χ4n) is 0.984. The van der Waals surface area contributed by atoms with Gasteiger partial charge in [0.25, 0.3) is 0 Å². The Labute approximate surface area is 93.4 Å². The van der Waals surface area contributed by atoms with Crippen molar-refractivity contribution in [2.45, 2.75) is 20.0 Å². The lowest BCUT2D eigenvalue weighted by Gasteiger charge is -2.16. The Morgan fingerprint density at radius 2 is 2.13 bits per heavy atom. The fourth-order valence-corrected chi connectivity index (χ4v) is 1.21. The molecule has 0 heterocycles. The van der Waals surface area contributed by atoms with Gasteiger partial charge in [-0.15, -0.1) is 0 Å². The topological polar surface area (TPSA) is 85.9 Å². The highest BCUT2D eigenvalue weighted by molar-refractivity contribution is 6.30. The summed E-state index contributed by atoms with van der Waals surface area (Å²) in [5.41, 5.74) is 0.797. The lowest BCUT2D eigenvalue weighted by Crippen LogP contribution is -2.37. The molecule has 1 aromatic carbocycles. The van der Waals surface area contributed by atoms with Gasteiger partial charge in [0, 0.05) is 5.02 Å². The number of benzene rings is 1. The molecular weight excluding hydrogens is 218 g/mol. The third-order valence-electron chi connectivity index (χ3n) is 1.77. The van der Waals surface area contributed by atoms with E-state index in [0.29, 0.717) is 10.8 Å². The SMILES string of the molecule is Cc1cc(Cl)ccc1OC(C)C(=O)[O-].[NH4+]. The van der Waals surface area contributed by atoms with Crippen LogP contribution in [0.5, 0.6) is 5.75 Å². The van der Waals surface area contributed by atoms with Crippen LogP contribution in [-0.4, -0.2) is 12.1 Å². The number of halogens is 1. The Kier molecular flexibility index (Phi) is 5.11. The molecule has 0 fully saturated rings. The van der Waals surface area contributed by atoms with E-state index in [1.54, 1.807) is 25.1 Å². The molecule has 1 atom stereocenters. The predicted octanol–water partition coefficient (Wildman–Crippen LogP) is 1.54. The molecule has 0 bridgehead atoms. The molecule has 0 amide bonds. The summed E-state index contributed by atoms with van der Waals surface area (Å²) >= 11 is 5.73. The molecule has 0 spiro atoms. The molecule has 1 aromatic rings. The van der Waals surface area contributed by atoms with Crippen molar-refractivity contribution in [3.8, 4) is 5.75 Å². The molecule has 4 N–H and O–H groups in total. The monoisotopic (exact) mass is 231 g/mol. The van der Waals surface area contributed by atoms with Crippen molar-refractivity contribution in [1.82, 2.24) is 6.15 Å². The lowest BCUT2D eigenvalue weighted by atomic mass is 10.2. The number of rotatable bonds is 3. The number of quaternary nitrogens is 1. The highest BCUT2D eigenvalue weighted by Crippen LogP contribution is 2.22. The van der Waals surface area contributed by atoms with Crippen molar-refractivity contribution in [1.29, 1.82) is 0 Å². The Morgan fingerprint density at radius 3 is 2.60 bits per heavy atom. The van der Waals surface area contributed by atoms with Gasteiger partial charge in [0.2, 0.25) is 0 Å². The summed E-state index contributed by atoms with van der Waals surface area (Å²) in [5, 5.41) is 11.0. The molecule has 0 aliphatic heterocycles. The molecule has 0 radical (unpaired) electrons. The first-order chi connectivity index (χ1) is 6.50. The van der Waals surface area contributed by atoms with Crippen LogP contribution in [0.25, 0.3) is 0 Å². The average molecular weight is 232 g/mol. The van der Waals surface area contributed by atoms with Gasteiger partial charge in [-0.2, -0.15) is 0 Å². The number of carbonyl (C=O) groups excluding carboxylic acids is 1. The third-order valence-corrected chi connectivity index (χ3v) is 2.01. The quantitative estimate of drug-likeness (QED) is 0.856. The molecule has 0 saturated heterocycles. The summed E-state index contributed by atoms with van der Waals surface area (Å²) in [4.78, 5) is 10.4. The van der Waals surface area contributed by atoms with Crippen molar-refractivity contribution >= 4 is 17.6 Å². The summed E-state index contributed by atoms with van der Waals surface area (Å²) in [6, 6.07) is 4.99. The van der Waals surface area contributed by atoms with E-state index < -0.39 is 12.1 Å². The summed E-state index contributed by atoms with van der Waals surface area (Å²) in [6.07, 6.45) is -0.963. The van der Waals surface area contributed by atoms with Crippen LogP contribution in [-0.2, 0) is 4.79 Å². The Hall–Kier alpha value is -1.26. The van der Waals surface area contributed by atoms with Crippen LogP contribution in [0, 0.1) is 6.92 Å². The van der Waals surface area contributed by atoms with Gasteiger partial charge in [-0.05, 0) is 37.6 Å². The summed E-state index contributed by atoms with van der Waals surface area (Å²) in [6.45, 7) is 3.21. The number of aryl methyl sites for hydroxylation is 1. The zero-order valence-corrected chi connectivity index (χ0v) is 9.67. The van der Waals surface area contributed by atoms with E-state index in [0.717, 1.165) is 5.56 Å². The zero-order chi connectivity index (χ0) is 10.7. The second-order valence-corrected chi connectivity index (χ2v) is 3.43. The summed E-state index contributed by atoms with van der Waals surface area (Å²) < 4.78 is 5.14. The minimum atomic E-state index is -1.24. The molecule has 84 valence electrons. The fraction of sp³-hybridized carbons (Fsp3) is 0.300. The Bertz CT molecular complexity index is 355. The van der Waals surface area contributed by atoms with E-state index in [1.165, 1.54) is 6.92 Å². The van der Waals surface area contributed by atoms with E-state index in [-0.39, 0.29) is 6.15 Å². The number of carbonyl (C=O) groups is 1. The molecule has 1 rings (SSSR count). The van der Waals surface area contributed by atoms with Gasteiger partial charge in [0.05, 0.1) is 5.97 Å². The van der Waals surface area contributed by atoms with Crippen LogP contribution in [0.15, 0.2) is 18.2 Å². The maximum Gasteiger partial charge on any atom is 0.135 e. The van der Waals surface area contributed by atoms with Gasteiger partial charge >= 0.3 is 0 Å². The first-order valence-corrected chi connectivity index (χ1v) is 4.52. The van der Waals surface area contributed by atoms with E-state index in [1.807, 2.05) is 0 Å². The highest BCUT2D eigenvalue weighted by atomic mass is 35.5. The molecule has 0 saturated carbocycles. The molecule has 15 heavy (non-hydrogen) atoms. The van der Waals surface area contributed by atoms with Crippen molar-refractivity contribution in [2.24, 2.45) is 0 Å². The lowest BCUT2D eigenvalue weighted by molar-refractivity contribution is -0.312.